The summed E-state index contributed by atoms with van der Waals surface area (Å²) in [4.78, 5) is 38.4. The molecule has 4 aromatic rings. The molecule has 0 spiro atoms. The van der Waals surface area contributed by atoms with E-state index in [2.05, 4.69) is 26.4 Å². The average Bonchev–Trinajstić information content (AvgIpc) is 3.61. The number of benzene rings is 1. The number of thiazole rings is 1. The number of fused-ring (bicyclic) bond motifs is 1. The summed E-state index contributed by atoms with van der Waals surface area (Å²) in [6.45, 7) is 1.92. The summed E-state index contributed by atoms with van der Waals surface area (Å²) in [7, 11) is 0. The number of carbonyl (C=O) groups excluding carboxylic acids is 2. The Morgan fingerprint density at radius 2 is 2.03 bits per heavy atom. The van der Waals surface area contributed by atoms with Crippen LogP contribution in [0.2, 0.25) is 0 Å². The maximum Gasteiger partial charge on any atom is 0.273 e. The number of likely N-dealkylation sites (tertiary alicyclic amines) is 1. The van der Waals surface area contributed by atoms with Gasteiger partial charge < -0.3 is 9.80 Å². The molecule has 0 radical (unpaired) electrons. The molecule has 0 unspecified atom stereocenters. The van der Waals surface area contributed by atoms with Gasteiger partial charge in [-0.1, -0.05) is 6.07 Å². The summed E-state index contributed by atoms with van der Waals surface area (Å²) >= 11 is 1.48. The summed E-state index contributed by atoms with van der Waals surface area (Å²) in [6.07, 6.45) is 5.19. The van der Waals surface area contributed by atoms with Crippen LogP contribution in [0.25, 0.3) is 11.0 Å². The largest absolute Gasteiger partial charge is 0.339 e. The number of carbonyl (C=O) groups is 2. The van der Waals surface area contributed by atoms with E-state index >= 15 is 0 Å². The summed E-state index contributed by atoms with van der Waals surface area (Å²) in [5.41, 5.74) is 3.03. The minimum Gasteiger partial charge on any atom is -0.339 e. The van der Waals surface area contributed by atoms with Gasteiger partial charge in [-0.05, 0) is 53.0 Å². The minimum absolute atomic E-state index is 0.0445. The van der Waals surface area contributed by atoms with Crippen molar-refractivity contribution in [1.82, 2.24) is 30.1 Å². The number of rotatable bonds is 7. The first-order valence-electron chi connectivity index (χ1n) is 11.6. The molecule has 0 saturated carbocycles. The predicted octanol–water partition coefficient (Wildman–Crippen LogP) is 3.65. The highest BCUT2D eigenvalue weighted by Gasteiger charge is 2.28. The molecule has 0 aliphatic carbocycles. The smallest absolute Gasteiger partial charge is 0.273 e. The van der Waals surface area contributed by atoms with Crippen molar-refractivity contribution in [2.75, 3.05) is 19.6 Å². The van der Waals surface area contributed by atoms with E-state index in [1.165, 1.54) is 11.3 Å². The fourth-order valence-electron chi connectivity index (χ4n) is 4.31. The molecular weight excluding hydrogens is 478 g/mol. The van der Waals surface area contributed by atoms with E-state index in [9.17, 15) is 9.59 Å². The molecule has 1 fully saturated rings. The van der Waals surface area contributed by atoms with Crippen molar-refractivity contribution in [3.05, 3.63) is 69.9 Å². The molecule has 0 N–H and O–H groups in total. The van der Waals surface area contributed by atoms with Crippen LogP contribution in [0.3, 0.4) is 0 Å². The minimum atomic E-state index is -0.193. The van der Waals surface area contributed by atoms with Crippen LogP contribution in [0.1, 0.15) is 56.6 Å². The lowest BCUT2D eigenvalue weighted by Crippen LogP contribution is -2.38. The van der Waals surface area contributed by atoms with E-state index < -0.39 is 0 Å². The lowest BCUT2D eigenvalue weighted by molar-refractivity contribution is 0.0713. The molecule has 11 heteroatoms. The van der Waals surface area contributed by atoms with Gasteiger partial charge in [0, 0.05) is 55.4 Å². The molecule has 1 aromatic carbocycles. The van der Waals surface area contributed by atoms with Crippen molar-refractivity contribution in [3.63, 3.8) is 0 Å². The number of piperidine rings is 1. The van der Waals surface area contributed by atoms with Crippen molar-refractivity contribution >= 4 is 34.2 Å². The normalized spacial score (nSPS) is 14.0. The van der Waals surface area contributed by atoms with Crippen LogP contribution in [0.4, 0.5) is 0 Å². The van der Waals surface area contributed by atoms with Crippen LogP contribution in [0.15, 0.2) is 52.7 Å². The fraction of sp³-hybridized carbons (Fsp3) is 0.320. The van der Waals surface area contributed by atoms with Crippen molar-refractivity contribution in [2.24, 2.45) is 0 Å². The first-order chi connectivity index (χ1) is 17.6. The molecular formula is C25H23N7O3S. The van der Waals surface area contributed by atoms with Crippen LogP contribution in [-0.2, 0) is 6.54 Å². The topological polar surface area (TPSA) is 129 Å². The van der Waals surface area contributed by atoms with Crippen molar-refractivity contribution in [3.8, 4) is 6.07 Å². The van der Waals surface area contributed by atoms with E-state index in [1.807, 2.05) is 17.0 Å². The number of nitrogens with zero attached hydrogens (tertiary/aromatic N) is 7. The van der Waals surface area contributed by atoms with Gasteiger partial charge in [-0.15, -0.1) is 11.3 Å². The Morgan fingerprint density at radius 1 is 1.19 bits per heavy atom. The number of pyridine rings is 1. The summed E-state index contributed by atoms with van der Waals surface area (Å²) in [6, 6.07) is 11.0. The third-order valence-corrected chi connectivity index (χ3v) is 7.26. The van der Waals surface area contributed by atoms with Crippen LogP contribution < -0.4 is 0 Å². The zero-order chi connectivity index (χ0) is 24.9. The Bertz CT molecular complexity index is 1400. The average molecular weight is 502 g/mol. The highest BCUT2D eigenvalue weighted by molar-refractivity contribution is 7.09. The molecule has 2 amide bonds. The molecule has 1 saturated heterocycles. The third-order valence-electron chi connectivity index (χ3n) is 6.25. The predicted molar refractivity (Wildman–Crippen MR) is 131 cm³/mol. The number of amides is 2. The second kappa shape index (κ2) is 10.6. The van der Waals surface area contributed by atoms with Crippen molar-refractivity contribution < 1.29 is 14.2 Å². The van der Waals surface area contributed by atoms with Gasteiger partial charge >= 0.3 is 0 Å². The monoisotopic (exact) mass is 501 g/mol. The van der Waals surface area contributed by atoms with Gasteiger partial charge in [-0.3, -0.25) is 14.6 Å². The van der Waals surface area contributed by atoms with Gasteiger partial charge in [0.25, 0.3) is 11.8 Å². The summed E-state index contributed by atoms with van der Waals surface area (Å²) in [5.74, 6) is -0.0486. The van der Waals surface area contributed by atoms with E-state index in [1.54, 1.807) is 40.9 Å². The Hall–Kier alpha value is -4.17. The molecule has 0 atom stereocenters. The highest BCUT2D eigenvalue weighted by Crippen LogP contribution is 2.31. The lowest BCUT2D eigenvalue weighted by Gasteiger charge is -2.31. The second-order valence-electron chi connectivity index (χ2n) is 8.60. The zero-order valence-corrected chi connectivity index (χ0v) is 20.2. The van der Waals surface area contributed by atoms with Crippen LogP contribution in [0, 0.1) is 11.3 Å². The summed E-state index contributed by atoms with van der Waals surface area (Å²) in [5, 5.41) is 19.3. The Labute approximate surface area is 211 Å². The van der Waals surface area contributed by atoms with Crippen LogP contribution in [0.5, 0.6) is 0 Å². The highest BCUT2D eigenvalue weighted by atomic mass is 32.1. The van der Waals surface area contributed by atoms with E-state index in [4.69, 9.17) is 9.89 Å². The lowest BCUT2D eigenvalue weighted by atomic mass is 9.97. The van der Waals surface area contributed by atoms with E-state index in [0.717, 1.165) is 23.4 Å². The third kappa shape index (κ3) is 5.08. The maximum absolute atomic E-state index is 13.2. The fourth-order valence-corrected chi connectivity index (χ4v) is 5.28. The Kier molecular flexibility index (Phi) is 6.95. The molecule has 5 rings (SSSR count). The molecule has 1 aliphatic heterocycles. The first-order valence-corrected chi connectivity index (χ1v) is 12.5. The molecule has 3 aromatic heterocycles. The molecule has 36 heavy (non-hydrogen) atoms. The van der Waals surface area contributed by atoms with Crippen LogP contribution >= 0.6 is 11.3 Å². The molecule has 182 valence electrons. The second-order valence-corrected chi connectivity index (χ2v) is 9.49. The number of hydrogen-bond donors (Lipinski definition) is 0. The van der Waals surface area contributed by atoms with Gasteiger partial charge in [0.1, 0.15) is 16.7 Å². The number of aromatic nitrogens is 4. The van der Waals surface area contributed by atoms with Gasteiger partial charge in [0.05, 0.1) is 17.5 Å². The van der Waals surface area contributed by atoms with Gasteiger partial charge in [-0.2, -0.15) is 5.26 Å². The van der Waals surface area contributed by atoms with Crippen molar-refractivity contribution in [2.45, 2.75) is 31.7 Å². The molecule has 1 aliphatic rings. The number of nitriles is 1. The van der Waals surface area contributed by atoms with Crippen molar-refractivity contribution in [1.29, 1.82) is 5.26 Å². The molecule has 4 heterocycles. The quantitative estimate of drug-likeness (QED) is 0.375. The number of hydrogen-bond acceptors (Lipinski definition) is 9. The van der Waals surface area contributed by atoms with Gasteiger partial charge in [-0.25, -0.2) is 9.61 Å². The molecule has 0 bridgehead atoms. The van der Waals surface area contributed by atoms with Gasteiger partial charge in [0.2, 0.25) is 0 Å². The zero-order valence-electron chi connectivity index (χ0n) is 19.4. The van der Waals surface area contributed by atoms with E-state index in [0.29, 0.717) is 48.5 Å². The SMILES string of the molecule is N#CCCN(Cc1cccnc1)C(=O)c1csc(C2CCN(C(=O)c3ccc4nonc4c3)CC2)n1. The summed E-state index contributed by atoms with van der Waals surface area (Å²) < 4.78 is 4.72. The Morgan fingerprint density at radius 3 is 2.81 bits per heavy atom. The van der Waals surface area contributed by atoms with E-state index in [-0.39, 0.29) is 24.2 Å². The standard InChI is InChI=1S/C25H23N7O3S/c26-8-2-10-32(15-17-3-1-9-27-14-17)25(34)22-16-36-23(28-22)18-6-11-31(12-7-18)24(33)19-4-5-20-21(13-19)30-35-29-20/h1,3-5,9,13-14,16,18H,2,6-7,10-12,15H2. The van der Waals surface area contributed by atoms with Crippen LogP contribution in [-0.4, -0.2) is 61.5 Å². The Balaban J connectivity index is 1.22. The maximum atomic E-state index is 13.2. The first kappa shape index (κ1) is 23.6. The molecule has 10 nitrogen and oxygen atoms in total. The van der Waals surface area contributed by atoms with Gasteiger partial charge in [0.15, 0.2) is 0 Å².